The molecule has 0 aromatic carbocycles. The van der Waals surface area contributed by atoms with Gasteiger partial charge in [0.1, 0.15) is 6.04 Å². The van der Waals surface area contributed by atoms with Gasteiger partial charge in [-0.15, -0.1) is 11.8 Å². The summed E-state index contributed by atoms with van der Waals surface area (Å²) >= 11 is 1.40. The van der Waals surface area contributed by atoms with E-state index in [0.29, 0.717) is 5.75 Å². The Balaban J connectivity index is 2.53. The lowest BCUT2D eigenvalue weighted by atomic mass is 10.3. The quantitative estimate of drug-likeness (QED) is 0.626. The van der Waals surface area contributed by atoms with Gasteiger partial charge in [-0.3, -0.25) is 9.69 Å². The van der Waals surface area contributed by atoms with Gasteiger partial charge >= 0.3 is 12.0 Å². The molecule has 1 aliphatic rings. The van der Waals surface area contributed by atoms with Crippen molar-refractivity contribution in [2.45, 2.75) is 24.8 Å². The van der Waals surface area contributed by atoms with E-state index in [2.05, 4.69) is 5.32 Å². The van der Waals surface area contributed by atoms with Crippen molar-refractivity contribution < 1.29 is 19.5 Å². The summed E-state index contributed by atoms with van der Waals surface area (Å²) in [5.41, 5.74) is 4.93. The van der Waals surface area contributed by atoms with Crippen molar-refractivity contribution in [1.29, 1.82) is 0 Å². The molecule has 0 aromatic heterocycles. The minimum atomic E-state index is -1.02. The number of carboxylic acids is 1. The Bertz CT molecular complexity index is 336. The molecule has 0 bridgehead atoms. The van der Waals surface area contributed by atoms with Gasteiger partial charge < -0.3 is 16.2 Å². The third kappa shape index (κ3) is 3.52. The first kappa shape index (κ1) is 13.6. The summed E-state index contributed by atoms with van der Waals surface area (Å²) in [5.74, 6) is -1.16. The molecule has 0 saturated carbocycles. The summed E-state index contributed by atoms with van der Waals surface area (Å²) in [7, 11) is 0. The highest BCUT2D eigenvalue weighted by molar-refractivity contribution is 8.00. The number of primary amides is 1. The molecule has 96 valence electrons. The van der Waals surface area contributed by atoms with Crippen LogP contribution in [-0.2, 0) is 9.59 Å². The zero-order chi connectivity index (χ0) is 13.0. The Morgan fingerprint density at radius 2 is 2.18 bits per heavy atom. The second-order valence-electron chi connectivity index (χ2n) is 3.64. The van der Waals surface area contributed by atoms with Crippen molar-refractivity contribution in [3.63, 3.8) is 0 Å². The molecule has 8 heteroatoms. The summed E-state index contributed by atoms with van der Waals surface area (Å²) in [6.07, 6.45) is 0.0405. The Kier molecular flexibility index (Phi) is 4.62. The average Bonchev–Trinajstić information content (AvgIpc) is 2.59. The van der Waals surface area contributed by atoms with Crippen LogP contribution in [0.15, 0.2) is 0 Å². The number of nitrogens with one attached hydrogen (secondary N) is 1. The number of carbonyl (C=O) groups excluding carboxylic acids is 2. The molecular formula is C9H15N3O4S. The van der Waals surface area contributed by atoms with Gasteiger partial charge in [0.2, 0.25) is 5.91 Å². The molecule has 7 nitrogen and oxygen atoms in total. The Morgan fingerprint density at radius 1 is 1.53 bits per heavy atom. The zero-order valence-corrected chi connectivity index (χ0v) is 10.2. The monoisotopic (exact) mass is 261 g/mol. The first-order valence-corrected chi connectivity index (χ1v) is 6.17. The molecule has 1 aliphatic heterocycles. The second-order valence-corrected chi connectivity index (χ2v) is 4.99. The molecule has 2 atom stereocenters. The number of nitrogens with two attached hydrogens (primary N) is 1. The van der Waals surface area contributed by atoms with Gasteiger partial charge in [0, 0.05) is 18.7 Å². The molecular weight excluding hydrogens is 246 g/mol. The van der Waals surface area contributed by atoms with E-state index in [1.165, 1.54) is 16.7 Å². The third-order valence-corrected chi connectivity index (χ3v) is 3.61. The summed E-state index contributed by atoms with van der Waals surface area (Å²) in [4.78, 5) is 34.4. The molecule has 1 heterocycles. The van der Waals surface area contributed by atoms with E-state index in [9.17, 15) is 14.4 Å². The SMILES string of the molecule is CC1SCC(C(=O)O)N1C(=O)NCCC(N)=O. The minimum absolute atomic E-state index is 0.0405. The van der Waals surface area contributed by atoms with Crippen LogP contribution in [-0.4, -0.2) is 51.6 Å². The van der Waals surface area contributed by atoms with Crippen molar-refractivity contribution in [1.82, 2.24) is 10.2 Å². The van der Waals surface area contributed by atoms with Crippen LogP contribution in [0.4, 0.5) is 4.79 Å². The Labute approximate surface area is 103 Å². The maximum Gasteiger partial charge on any atom is 0.327 e. The van der Waals surface area contributed by atoms with E-state index in [1.54, 1.807) is 6.92 Å². The van der Waals surface area contributed by atoms with Gasteiger partial charge in [-0.2, -0.15) is 0 Å². The largest absolute Gasteiger partial charge is 0.480 e. The predicted octanol–water partition coefficient (Wildman–Crippen LogP) is -0.581. The Hall–Kier alpha value is -1.44. The number of hydrogen-bond donors (Lipinski definition) is 3. The smallest absolute Gasteiger partial charge is 0.327 e. The van der Waals surface area contributed by atoms with Gasteiger partial charge in [-0.1, -0.05) is 0 Å². The van der Waals surface area contributed by atoms with E-state index in [-0.39, 0.29) is 18.3 Å². The number of nitrogens with zero attached hydrogens (tertiary/aromatic N) is 1. The first-order chi connectivity index (χ1) is 7.93. The molecule has 1 fully saturated rings. The van der Waals surface area contributed by atoms with Crippen molar-refractivity contribution >= 4 is 29.7 Å². The Morgan fingerprint density at radius 3 is 2.71 bits per heavy atom. The van der Waals surface area contributed by atoms with Crippen LogP contribution in [0.5, 0.6) is 0 Å². The van der Waals surface area contributed by atoms with Gasteiger partial charge in [-0.25, -0.2) is 9.59 Å². The van der Waals surface area contributed by atoms with Crippen molar-refractivity contribution in [3.8, 4) is 0 Å². The number of carboxylic acid groups (broad SMARTS) is 1. The number of aliphatic carboxylic acids is 1. The van der Waals surface area contributed by atoms with Crippen LogP contribution in [0.1, 0.15) is 13.3 Å². The third-order valence-electron chi connectivity index (χ3n) is 2.39. The number of hydrogen-bond acceptors (Lipinski definition) is 4. The highest BCUT2D eigenvalue weighted by Crippen LogP contribution is 2.28. The van der Waals surface area contributed by atoms with Crippen LogP contribution in [0.25, 0.3) is 0 Å². The molecule has 17 heavy (non-hydrogen) atoms. The summed E-state index contributed by atoms with van der Waals surface area (Å²) < 4.78 is 0. The highest BCUT2D eigenvalue weighted by Gasteiger charge is 2.39. The van der Waals surface area contributed by atoms with Crippen molar-refractivity contribution in [3.05, 3.63) is 0 Å². The number of urea groups is 1. The van der Waals surface area contributed by atoms with Gasteiger partial charge in [-0.05, 0) is 6.92 Å². The zero-order valence-electron chi connectivity index (χ0n) is 9.38. The molecule has 4 N–H and O–H groups in total. The molecule has 1 saturated heterocycles. The van der Waals surface area contributed by atoms with Crippen LogP contribution < -0.4 is 11.1 Å². The average molecular weight is 261 g/mol. The molecule has 2 unspecified atom stereocenters. The lowest BCUT2D eigenvalue weighted by Crippen LogP contribution is -2.49. The van der Waals surface area contributed by atoms with E-state index in [0.717, 1.165) is 0 Å². The summed E-state index contributed by atoms with van der Waals surface area (Å²) in [6.45, 7) is 1.88. The summed E-state index contributed by atoms with van der Waals surface area (Å²) in [6, 6.07) is -1.29. The second kappa shape index (κ2) is 5.76. The van der Waals surface area contributed by atoms with Crippen LogP contribution in [0.3, 0.4) is 0 Å². The fraction of sp³-hybridized carbons (Fsp3) is 0.667. The standard InChI is InChI=1S/C9H15N3O4S/c1-5-12(6(4-17-5)8(14)15)9(16)11-3-2-7(10)13/h5-6H,2-4H2,1H3,(H2,10,13)(H,11,16)(H,14,15). The molecule has 0 aliphatic carbocycles. The van der Waals surface area contributed by atoms with Crippen molar-refractivity contribution in [2.75, 3.05) is 12.3 Å². The molecule has 0 spiro atoms. The van der Waals surface area contributed by atoms with E-state index < -0.39 is 23.9 Å². The maximum absolute atomic E-state index is 11.7. The number of rotatable bonds is 4. The summed E-state index contributed by atoms with van der Waals surface area (Å²) in [5, 5.41) is 11.2. The number of carbonyl (C=O) groups is 3. The van der Waals surface area contributed by atoms with Crippen LogP contribution >= 0.6 is 11.8 Å². The van der Waals surface area contributed by atoms with Crippen molar-refractivity contribution in [2.24, 2.45) is 5.73 Å². The fourth-order valence-electron chi connectivity index (χ4n) is 1.53. The van der Waals surface area contributed by atoms with Gasteiger partial charge in [0.15, 0.2) is 0 Å². The van der Waals surface area contributed by atoms with Crippen LogP contribution in [0, 0.1) is 0 Å². The van der Waals surface area contributed by atoms with E-state index in [1.807, 2.05) is 0 Å². The lowest BCUT2D eigenvalue weighted by Gasteiger charge is -2.25. The number of amides is 3. The normalized spacial score (nSPS) is 23.5. The molecule has 0 aromatic rings. The lowest BCUT2D eigenvalue weighted by molar-refractivity contribution is -0.141. The minimum Gasteiger partial charge on any atom is -0.480 e. The van der Waals surface area contributed by atoms with E-state index in [4.69, 9.17) is 10.8 Å². The van der Waals surface area contributed by atoms with E-state index >= 15 is 0 Å². The van der Waals surface area contributed by atoms with Crippen LogP contribution in [0.2, 0.25) is 0 Å². The van der Waals surface area contributed by atoms with Gasteiger partial charge in [0.25, 0.3) is 0 Å². The first-order valence-electron chi connectivity index (χ1n) is 5.12. The fourth-order valence-corrected chi connectivity index (χ4v) is 2.69. The predicted molar refractivity (Wildman–Crippen MR) is 62.4 cm³/mol. The molecule has 1 rings (SSSR count). The highest BCUT2D eigenvalue weighted by atomic mass is 32.2. The number of thioether (sulfide) groups is 1. The van der Waals surface area contributed by atoms with Gasteiger partial charge in [0.05, 0.1) is 5.37 Å². The topological polar surface area (TPSA) is 113 Å². The maximum atomic E-state index is 11.7. The molecule has 0 radical (unpaired) electrons. The molecule has 3 amide bonds.